The predicted molar refractivity (Wildman–Crippen MR) is 532 cm³/mol. The molecular weight excluding hydrogens is 2320 g/mol. The molecule has 0 saturated heterocycles. The van der Waals surface area contributed by atoms with Gasteiger partial charge in [-0.3, -0.25) is 0 Å². The number of unbranched alkanes of at least 4 members (excludes halogenated alkanes) is 6. The molecule has 0 atom stereocenters. The van der Waals surface area contributed by atoms with Crippen LogP contribution >= 0.6 is 223 Å². The first-order valence-electron chi connectivity index (χ1n) is 36.1. The van der Waals surface area contributed by atoms with E-state index in [1.165, 1.54) is 116 Å². The van der Waals surface area contributed by atoms with Crippen molar-refractivity contribution in [1.82, 2.24) is 19.9 Å². The third kappa shape index (κ3) is 23.2. The summed E-state index contributed by atoms with van der Waals surface area (Å²) in [4.78, 5) is 20.1. The molecule has 0 radical (unpaired) electrons. The number of aryl methyl sites for hydroxylation is 4. The molecule has 15 rings (SSSR count). The number of hydrogen-bond acceptors (Lipinski definition) is 8. The highest BCUT2D eigenvalue weighted by molar-refractivity contribution is 9.24. The average Bonchev–Trinajstić information content (AvgIpc) is 0.762. The Morgan fingerprint density at radius 2 is 0.455 bits per heavy atom. The van der Waals surface area contributed by atoms with E-state index in [0.717, 1.165) is 135 Å². The standard InChI is InChI=1S/C42H44N4O2.2C16H8Br4.C8H4Br6.C8H12N2/c1-5-7-9-11-17-47-41-25-39-40(26-42(41)48-18-12-10-8-6-2)46-38-24-32-16-14-30-22-36-35(21-29(30)13-15-31(32)23-37(38)45-39)43-33-19-27(3)28(4)20-34(33)44-36;2*17-13-5-9-1-2-10-6-14(18)16(20)8-12(10)4-3-11(9)7-15(13)19;9-5-1-3(7(11)12)4(8(13)14)2-6(5)10;1-5-3-7(9)8(10)4-6(5)2/h13-16,19-26H,5-12,17-18H2,1-4H3;2*1-8H;1-2,7-8H;3-4H,9-10H2,1-2H3/b15-13-,16-14+,29-13?,30-14?,31-15?,32-16?;2*2-1-,4-3+,9-1?,10-2?,11-3?,12-4?;;. The van der Waals surface area contributed by atoms with Gasteiger partial charge in [-0.25, -0.2) is 19.9 Å². The summed E-state index contributed by atoms with van der Waals surface area (Å²) in [6, 6.07) is 41.7. The van der Waals surface area contributed by atoms with Crippen LogP contribution in [0.1, 0.15) is 173 Å². The Bertz CT molecular complexity index is 5130. The number of hydrogen-bond donors (Lipinski definition) is 2. The molecule has 0 fully saturated rings. The van der Waals surface area contributed by atoms with Crippen molar-refractivity contribution < 1.29 is 9.47 Å². The Morgan fingerprint density at radius 1 is 0.259 bits per heavy atom. The molecule has 0 bridgehead atoms. The minimum Gasteiger partial charge on any atom is -0.490 e. The summed E-state index contributed by atoms with van der Waals surface area (Å²) < 4.78 is 23.4. The Hall–Kier alpha value is -4.24. The molecule has 3 aliphatic rings. The van der Waals surface area contributed by atoms with Gasteiger partial charge in [0.05, 0.1) is 76.2 Å². The van der Waals surface area contributed by atoms with Gasteiger partial charge in [0.2, 0.25) is 0 Å². The van der Waals surface area contributed by atoms with Crippen molar-refractivity contribution in [1.29, 1.82) is 0 Å². The van der Waals surface area contributed by atoms with E-state index in [1.807, 2.05) is 38.1 Å². The molecule has 0 unspecified atom stereocenters. The van der Waals surface area contributed by atoms with E-state index in [9.17, 15) is 0 Å². The summed E-state index contributed by atoms with van der Waals surface area (Å²) in [5, 5.41) is 0. The molecule has 0 saturated carbocycles. The summed E-state index contributed by atoms with van der Waals surface area (Å²) >= 11 is 49.4. The quantitative estimate of drug-likeness (QED) is 0.0478. The van der Waals surface area contributed by atoms with Gasteiger partial charge >= 0.3 is 0 Å². The Kier molecular flexibility index (Phi) is 32.8. The van der Waals surface area contributed by atoms with Crippen LogP contribution in [0.5, 0.6) is 11.5 Å². The maximum absolute atomic E-state index is 6.28. The maximum atomic E-state index is 6.28. The van der Waals surface area contributed by atoms with Crippen LogP contribution in [0, 0.1) is 27.7 Å². The van der Waals surface area contributed by atoms with Gasteiger partial charge in [-0.1, -0.05) is 189 Å². The van der Waals surface area contributed by atoms with Gasteiger partial charge < -0.3 is 20.9 Å². The molecule has 2 heterocycles. The first-order valence-corrected chi connectivity index (χ1v) is 47.7. The summed E-state index contributed by atoms with van der Waals surface area (Å²) in [5.41, 5.74) is 40.6. The zero-order valence-corrected chi connectivity index (χ0v) is 84.0. The van der Waals surface area contributed by atoms with Gasteiger partial charge in [0.15, 0.2) is 11.5 Å². The minimum absolute atomic E-state index is 0.145. The molecule has 12 aromatic rings. The average molecular weight is 2390 g/mol. The van der Waals surface area contributed by atoms with Crippen molar-refractivity contribution in [3.63, 3.8) is 0 Å². The predicted octanol–water partition coefficient (Wildman–Crippen LogP) is 34.1. The molecule has 0 spiro atoms. The Labute approximate surface area is 773 Å². The van der Waals surface area contributed by atoms with Crippen LogP contribution < -0.4 is 20.9 Å². The third-order valence-corrected chi connectivity index (χ3v) is 30.1. The van der Waals surface area contributed by atoms with E-state index in [0.29, 0.717) is 24.6 Å². The van der Waals surface area contributed by atoms with Crippen LogP contribution in [0.25, 0.3) is 117 Å². The lowest BCUT2D eigenvalue weighted by molar-refractivity contribution is 0.259. The van der Waals surface area contributed by atoms with Crippen molar-refractivity contribution in [2.24, 2.45) is 0 Å². The highest BCUT2D eigenvalue weighted by atomic mass is 79.9. The second-order valence-corrected chi connectivity index (χ2v) is 41.7. The zero-order chi connectivity index (χ0) is 80.2. The van der Waals surface area contributed by atoms with Gasteiger partial charge in [-0.15, -0.1) is 0 Å². The lowest BCUT2D eigenvalue weighted by Gasteiger charge is -2.15. The molecule has 8 nitrogen and oxygen atoms in total. The summed E-state index contributed by atoms with van der Waals surface area (Å²) in [5.74, 6) is 1.50. The van der Waals surface area contributed by atoms with Gasteiger partial charge in [0.25, 0.3) is 0 Å². The first-order chi connectivity index (χ1) is 53.6. The van der Waals surface area contributed by atoms with Gasteiger partial charge in [-0.05, 0) is 409 Å². The molecule has 576 valence electrons. The zero-order valence-electron chi connectivity index (χ0n) is 61.8. The lowest BCUT2D eigenvalue weighted by atomic mass is 9.97. The number of ether oxygens (including phenoxy) is 2. The number of nitrogen functional groups attached to an aromatic ring is 2. The third-order valence-electron chi connectivity index (χ3n) is 18.9. The minimum atomic E-state index is 0.145. The summed E-state index contributed by atoms with van der Waals surface area (Å²) in [6.07, 6.45) is 35.1. The molecule has 10 aromatic carbocycles. The first kappa shape index (κ1) is 88.6. The van der Waals surface area contributed by atoms with Crippen LogP contribution in [0.3, 0.4) is 0 Å². The van der Waals surface area contributed by atoms with E-state index in [1.54, 1.807) is 0 Å². The molecule has 2 aromatic heterocycles. The Morgan fingerprint density at radius 3 is 0.679 bits per heavy atom. The SMILES string of the molecule is Brc1cc(C(Br)Br)c(C(Br)Br)cc1Br.Brc1cc2c(cc1Br)/C=C/c1cc(Br)c(Br)cc1/C=C\2.Brc1cc2c(cc1Br)/C=C/c1cc(Br)c(Br)cc1/C=C\2.CCCCCCOc1cc2nc3cc4c(cc3nc2cc1OCCCCCC)/C=C/c1cc2nc3cc(C)c(C)cc3nc2cc1/C=C\4.Cc1cc(N)c(N)cc1C. The molecule has 0 amide bonds. The number of nitrogens with two attached hydrogens (primary N) is 2. The van der Waals surface area contributed by atoms with Gasteiger partial charge in [-0.2, -0.15) is 0 Å². The fourth-order valence-corrected chi connectivity index (χ4v) is 17.6. The van der Waals surface area contributed by atoms with Crippen LogP contribution in [0.2, 0.25) is 0 Å². The molecule has 112 heavy (non-hydrogen) atoms. The van der Waals surface area contributed by atoms with E-state index in [-0.39, 0.29) is 7.47 Å². The van der Waals surface area contributed by atoms with E-state index in [4.69, 9.17) is 40.9 Å². The second kappa shape index (κ2) is 41.4. The molecule has 0 aliphatic heterocycles. The van der Waals surface area contributed by atoms with Crippen molar-refractivity contribution >= 4 is 351 Å². The molecule has 22 heteroatoms. The van der Waals surface area contributed by atoms with E-state index in [2.05, 4.69) is 421 Å². The van der Waals surface area contributed by atoms with E-state index >= 15 is 0 Å². The number of benzene rings is 10. The monoisotopic (exact) mass is 2380 g/mol. The maximum Gasteiger partial charge on any atom is 0.163 e. The molecular formula is C90H76Br14N6O2. The largest absolute Gasteiger partial charge is 0.490 e. The number of aromatic nitrogens is 4. The number of anilines is 2. The molecule has 4 N–H and O–H groups in total. The fourth-order valence-electron chi connectivity index (χ4n) is 12.4. The van der Waals surface area contributed by atoms with Crippen LogP contribution in [0.4, 0.5) is 11.4 Å². The van der Waals surface area contributed by atoms with Crippen molar-refractivity contribution in [3.05, 3.63) is 266 Å². The van der Waals surface area contributed by atoms with Crippen LogP contribution in [-0.4, -0.2) is 33.1 Å². The molecule has 3 aliphatic carbocycles. The number of alkyl halides is 4. The van der Waals surface area contributed by atoms with Crippen LogP contribution in [0.15, 0.2) is 166 Å². The highest BCUT2D eigenvalue weighted by Gasteiger charge is 2.19. The number of fused-ring (bicyclic) bond motifs is 10. The lowest BCUT2D eigenvalue weighted by Crippen LogP contribution is -2.03. The topological polar surface area (TPSA) is 122 Å². The van der Waals surface area contributed by atoms with Crippen LogP contribution in [-0.2, 0) is 0 Å². The number of nitrogens with zero attached hydrogens (tertiary/aromatic N) is 4. The van der Waals surface area contributed by atoms with E-state index < -0.39 is 0 Å². The van der Waals surface area contributed by atoms with Gasteiger partial charge in [0.1, 0.15) is 0 Å². The highest BCUT2D eigenvalue weighted by Crippen LogP contribution is 2.44. The Balaban J connectivity index is 0.000000159. The normalized spacial score (nSPS) is 13.8. The smallest absolute Gasteiger partial charge is 0.163 e. The van der Waals surface area contributed by atoms with Crippen molar-refractivity contribution in [2.45, 2.75) is 100 Å². The van der Waals surface area contributed by atoms with Crippen molar-refractivity contribution in [3.8, 4) is 11.5 Å². The number of rotatable bonds is 14. The summed E-state index contributed by atoms with van der Waals surface area (Å²) in [6.45, 7) is 14.1. The fraction of sp³-hybridized carbons (Fsp3) is 0.200. The summed E-state index contributed by atoms with van der Waals surface area (Å²) in [7, 11) is 0. The second-order valence-electron chi connectivity index (χ2n) is 27.1. The number of halogens is 14. The van der Waals surface area contributed by atoms with Crippen molar-refractivity contribution in [2.75, 3.05) is 24.7 Å². The van der Waals surface area contributed by atoms with Gasteiger partial charge in [0, 0.05) is 56.9 Å².